The number of aromatic nitrogens is 1. The minimum Gasteiger partial charge on any atom is -0.508 e. The lowest BCUT2D eigenvalue weighted by molar-refractivity contribution is 0.476. The van der Waals surface area contributed by atoms with Crippen LogP contribution in [0.5, 0.6) is 5.75 Å². The van der Waals surface area contributed by atoms with Crippen LogP contribution in [0.3, 0.4) is 0 Å². The molecule has 0 unspecified atom stereocenters. The van der Waals surface area contributed by atoms with Gasteiger partial charge in [0.25, 0.3) is 0 Å². The van der Waals surface area contributed by atoms with Gasteiger partial charge in [-0.15, -0.1) is 11.3 Å². The number of pyridine rings is 1. The fourth-order valence-electron chi connectivity index (χ4n) is 2.67. The molecule has 0 bridgehead atoms. The molecule has 4 aromatic rings. The molecule has 2 aromatic heterocycles. The zero-order chi connectivity index (χ0) is 13.0. The number of nitrogens with zero attached hydrogens (tertiary/aromatic N) is 1. The molecule has 0 saturated heterocycles. The van der Waals surface area contributed by atoms with E-state index in [-0.39, 0.29) is 0 Å². The second-order valence-electron chi connectivity index (χ2n) is 4.76. The monoisotopic (exact) mass is 265 g/mol. The number of aromatic hydroxyl groups is 1. The molecule has 0 aliphatic carbocycles. The largest absolute Gasteiger partial charge is 0.508 e. The number of hydrogen-bond donors (Lipinski definition) is 1. The molecule has 4 rings (SSSR count). The first-order valence-electron chi connectivity index (χ1n) is 6.12. The maximum Gasteiger partial charge on any atom is 0.116 e. The molecule has 0 amide bonds. The minimum absolute atomic E-state index is 0.316. The number of thiophene rings is 1. The lowest BCUT2D eigenvalue weighted by atomic mass is 10.0. The number of benzene rings is 2. The number of fused-ring (bicyclic) bond motifs is 4. The summed E-state index contributed by atoms with van der Waals surface area (Å²) < 4.78 is 2.50. The predicted molar refractivity (Wildman–Crippen MR) is 81.0 cm³/mol. The Bertz CT molecular complexity index is 940. The van der Waals surface area contributed by atoms with Gasteiger partial charge in [0, 0.05) is 38.0 Å². The Hall–Kier alpha value is -2.13. The number of aryl methyl sites for hydroxylation is 1. The maximum atomic E-state index is 9.68. The van der Waals surface area contributed by atoms with E-state index < -0.39 is 0 Å². The molecule has 1 N–H and O–H groups in total. The Kier molecular flexibility index (Phi) is 2.09. The quantitative estimate of drug-likeness (QED) is 0.503. The van der Waals surface area contributed by atoms with Gasteiger partial charge in [0.05, 0.1) is 0 Å². The number of rotatable bonds is 0. The molecule has 0 atom stereocenters. The summed E-state index contributed by atoms with van der Waals surface area (Å²) in [5.41, 5.74) is 1.29. The van der Waals surface area contributed by atoms with Crippen molar-refractivity contribution in [3.63, 3.8) is 0 Å². The Morgan fingerprint density at radius 1 is 1.05 bits per heavy atom. The van der Waals surface area contributed by atoms with E-state index in [4.69, 9.17) is 0 Å². The van der Waals surface area contributed by atoms with E-state index in [2.05, 4.69) is 24.0 Å². The normalized spacial score (nSPS) is 11.6. The smallest absolute Gasteiger partial charge is 0.116 e. The van der Waals surface area contributed by atoms with Crippen molar-refractivity contribution in [3.8, 4) is 5.75 Å². The Balaban J connectivity index is 2.30. The van der Waals surface area contributed by atoms with E-state index in [0.717, 1.165) is 10.8 Å². The highest BCUT2D eigenvalue weighted by Crippen LogP contribution is 2.40. The number of phenols is 1. The Morgan fingerprint density at radius 2 is 1.95 bits per heavy atom. The van der Waals surface area contributed by atoms with Crippen molar-refractivity contribution in [1.29, 1.82) is 0 Å². The molecule has 3 heteroatoms. The van der Waals surface area contributed by atoms with Crippen LogP contribution in [0.4, 0.5) is 0 Å². The molecule has 2 heterocycles. The van der Waals surface area contributed by atoms with Gasteiger partial charge < -0.3 is 5.11 Å². The van der Waals surface area contributed by atoms with E-state index in [0.29, 0.717) is 5.75 Å². The fraction of sp³-hybridized carbons (Fsp3) is 0.0625. The van der Waals surface area contributed by atoms with E-state index >= 15 is 0 Å². The summed E-state index contributed by atoms with van der Waals surface area (Å²) >= 11 is 1.78. The SMILES string of the molecule is Cc1c2ccncc2cc2c1sc1ccc(O)cc12. The molecule has 92 valence electrons. The van der Waals surface area contributed by atoms with Gasteiger partial charge in [-0.1, -0.05) is 0 Å². The van der Waals surface area contributed by atoms with E-state index in [1.54, 1.807) is 17.4 Å². The Labute approximate surface area is 113 Å². The van der Waals surface area contributed by atoms with E-state index in [9.17, 15) is 5.11 Å². The summed E-state index contributed by atoms with van der Waals surface area (Å²) in [7, 11) is 0. The zero-order valence-electron chi connectivity index (χ0n) is 10.3. The van der Waals surface area contributed by atoms with Gasteiger partial charge in [0.1, 0.15) is 5.75 Å². The summed E-state index contributed by atoms with van der Waals surface area (Å²) in [6.45, 7) is 2.15. The molecule has 19 heavy (non-hydrogen) atoms. The van der Waals surface area contributed by atoms with Crippen LogP contribution in [0.15, 0.2) is 42.7 Å². The zero-order valence-corrected chi connectivity index (χ0v) is 11.2. The Morgan fingerprint density at radius 3 is 2.84 bits per heavy atom. The third-order valence-electron chi connectivity index (χ3n) is 3.61. The van der Waals surface area contributed by atoms with Gasteiger partial charge in [0.15, 0.2) is 0 Å². The number of hydrogen-bond acceptors (Lipinski definition) is 3. The van der Waals surface area contributed by atoms with Gasteiger partial charge >= 0.3 is 0 Å². The van der Waals surface area contributed by atoms with Gasteiger partial charge in [-0.3, -0.25) is 4.98 Å². The first-order valence-corrected chi connectivity index (χ1v) is 6.94. The second kappa shape index (κ2) is 3.68. The third-order valence-corrected chi connectivity index (χ3v) is 4.91. The third kappa shape index (κ3) is 1.45. The van der Waals surface area contributed by atoms with Crippen molar-refractivity contribution in [3.05, 3.63) is 48.3 Å². The summed E-state index contributed by atoms with van der Waals surface area (Å²) in [4.78, 5) is 4.20. The molecule has 0 spiro atoms. The summed E-state index contributed by atoms with van der Waals surface area (Å²) in [5, 5.41) is 14.4. The van der Waals surface area contributed by atoms with Crippen molar-refractivity contribution in [2.75, 3.05) is 0 Å². The van der Waals surface area contributed by atoms with Gasteiger partial charge in [-0.05, 0) is 48.2 Å². The first kappa shape index (κ1) is 10.8. The van der Waals surface area contributed by atoms with Crippen molar-refractivity contribution in [2.24, 2.45) is 0 Å². The van der Waals surface area contributed by atoms with Gasteiger partial charge in [-0.25, -0.2) is 0 Å². The minimum atomic E-state index is 0.316. The van der Waals surface area contributed by atoms with Crippen molar-refractivity contribution in [2.45, 2.75) is 6.92 Å². The molecular weight excluding hydrogens is 254 g/mol. The van der Waals surface area contributed by atoms with Crippen LogP contribution in [-0.2, 0) is 0 Å². The highest BCUT2D eigenvalue weighted by Gasteiger charge is 2.10. The summed E-state index contributed by atoms with van der Waals surface area (Å²) in [6, 6.07) is 9.80. The van der Waals surface area contributed by atoms with E-state index in [1.165, 1.54) is 25.7 Å². The second-order valence-corrected chi connectivity index (χ2v) is 5.81. The lowest BCUT2D eigenvalue weighted by Gasteiger charge is -2.03. The highest BCUT2D eigenvalue weighted by atomic mass is 32.1. The predicted octanol–water partition coefficient (Wildman–Crippen LogP) is 4.62. The van der Waals surface area contributed by atoms with Crippen molar-refractivity contribution < 1.29 is 5.11 Å². The van der Waals surface area contributed by atoms with Gasteiger partial charge in [0.2, 0.25) is 0 Å². The standard InChI is InChI=1S/C16H11NOS/c1-9-12-4-5-17-8-10(12)6-14-13-7-11(18)2-3-15(13)19-16(9)14/h2-8,18H,1H3. The highest BCUT2D eigenvalue weighted by molar-refractivity contribution is 7.26. The van der Waals surface area contributed by atoms with Crippen LogP contribution in [-0.4, -0.2) is 10.1 Å². The van der Waals surface area contributed by atoms with E-state index in [1.807, 2.05) is 24.5 Å². The molecule has 2 nitrogen and oxygen atoms in total. The van der Waals surface area contributed by atoms with Gasteiger partial charge in [-0.2, -0.15) is 0 Å². The summed E-state index contributed by atoms with van der Waals surface area (Å²) in [6.07, 6.45) is 3.73. The van der Waals surface area contributed by atoms with Crippen molar-refractivity contribution in [1.82, 2.24) is 4.98 Å². The average molecular weight is 265 g/mol. The molecule has 0 aliphatic rings. The molecule has 0 aliphatic heterocycles. The van der Waals surface area contributed by atoms with Crippen LogP contribution < -0.4 is 0 Å². The lowest BCUT2D eigenvalue weighted by Crippen LogP contribution is -1.80. The molecule has 0 fully saturated rings. The van der Waals surface area contributed by atoms with Crippen molar-refractivity contribution >= 4 is 42.3 Å². The van der Waals surface area contributed by atoms with Crippen LogP contribution in [0.1, 0.15) is 5.56 Å². The average Bonchev–Trinajstić information content (AvgIpc) is 2.78. The number of phenolic OH excluding ortho intramolecular Hbond substituents is 1. The topological polar surface area (TPSA) is 33.1 Å². The molecular formula is C16H11NOS. The molecule has 0 radical (unpaired) electrons. The summed E-state index contributed by atoms with van der Waals surface area (Å²) in [5.74, 6) is 0.316. The molecule has 0 saturated carbocycles. The molecule has 2 aromatic carbocycles. The van der Waals surface area contributed by atoms with Crippen LogP contribution in [0, 0.1) is 6.92 Å². The van der Waals surface area contributed by atoms with Crippen LogP contribution >= 0.6 is 11.3 Å². The van der Waals surface area contributed by atoms with Crippen LogP contribution in [0.25, 0.3) is 30.9 Å². The maximum absolute atomic E-state index is 9.68. The van der Waals surface area contributed by atoms with Crippen LogP contribution in [0.2, 0.25) is 0 Å². The first-order chi connectivity index (χ1) is 9.24. The fourth-order valence-corrected chi connectivity index (χ4v) is 3.84.